The van der Waals surface area contributed by atoms with Gasteiger partial charge in [-0.2, -0.15) is 0 Å². The number of carbonyl (C=O) groups excluding carboxylic acids is 1. The molecular weight excluding hydrogens is 252 g/mol. The summed E-state index contributed by atoms with van der Waals surface area (Å²) in [6.45, 7) is 5.77. The summed E-state index contributed by atoms with van der Waals surface area (Å²) in [5, 5.41) is 0. The second-order valence-electron chi connectivity index (χ2n) is 5.58. The summed E-state index contributed by atoms with van der Waals surface area (Å²) >= 11 is 0. The lowest BCUT2D eigenvalue weighted by Crippen LogP contribution is -2.48. The summed E-state index contributed by atoms with van der Waals surface area (Å²) in [5.74, 6) is 1.21. The molecular formula is C15H26N4O. The molecule has 1 saturated heterocycles. The maximum atomic E-state index is 12.3. The molecule has 20 heavy (non-hydrogen) atoms. The lowest BCUT2D eigenvalue weighted by Gasteiger charge is -2.35. The van der Waals surface area contributed by atoms with Gasteiger partial charge in [-0.15, -0.1) is 0 Å². The zero-order valence-corrected chi connectivity index (χ0v) is 12.6. The van der Waals surface area contributed by atoms with Gasteiger partial charge in [0.15, 0.2) is 0 Å². The van der Waals surface area contributed by atoms with Crippen molar-refractivity contribution in [2.75, 3.05) is 13.1 Å². The second-order valence-corrected chi connectivity index (χ2v) is 5.58. The van der Waals surface area contributed by atoms with Crippen LogP contribution in [0.15, 0.2) is 12.4 Å². The van der Waals surface area contributed by atoms with Gasteiger partial charge in [0.2, 0.25) is 5.91 Å². The van der Waals surface area contributed by atoms with Crippen LogP contribution in [-0.4, -0.2) is 39.5 Å². The van der Waals surface area contributed by atoms with Crippen LogP contribution < -0.4 is 5.73 Å². The Balaban J connectivity index is 2.03. The summed E-state index contributed by atoms with van der Waals surface area (Å²) in [6, 6.07) is 0.00570. The minimum Gasteiger partial charge on any atom is -0.339 e. The van der Waals surface area contributed by atoms with Crippen molar-refractivity contribution in [1.82, 2.24) is 14.5 Å². The first-order chi connectivity index (χ1) is 9.67. The van der Waals surface area contributed by atoms with Crippen LogP contribution in [0.3, 0.4) is 0 Å². The fourth-order valence-corrected chi connectivity index (χ4v) is 3.00. The molecule has 0 bridgehead atoms. The van der Waals surface area contributed by atoms with Gasteiger partial charge in [-0.1, -0.05) is 20.3 Å². The molecule has 5 heteroatoms. The number of rotatable bonds is 5. The molecule has 1 aliphatic heterocycles. The molecule has 1 amide bonds. The van der Waals surface area contributed by atoms with E-state index in [0.29, 0.717) is 6.04 Å². The van der Waals surface area contributed by atoms with Crippen LogP contribution in [0.2, 0.25) is 0 Å². The van der Waals surface area contributed by atoms with Gasteiger partial charge in [0, 0.05) is 31.9 Å². The number of nitrogens with zero attached hydrogens (tertiary/aromatic N) is 3. The summed E-state index contributed by atoms with van der Waals surface area (Å²) in [5.41, 5.74) is 5.97. The van der Waals surface area contributed by atoms with Crippen LogP contribution in [0.25, 0.3) is 0 Å². The van der Waals surface area contributed by atoms with Gasteiger partial charge in [-0.05, 0) is 19.3 Å². The highest BCUT2D eigenvalue weighted by atomic mass is 16.2. The SMILES string of the molecule is CCCC(N)C(=O)N1CCCC(n2ccnc2CC)C1. The van der Waals surface area contributed by atoms with Gasteiger partial charge in [0.1, 0.15) is 5.82 Å². The van der Waals surface area contributed by atoms with Crippen molar-refractivity contribution in [3.8, 4) is 0 Å². The molecule has 0 saturated carbocycles. The van der Waals surface area contributed by atoms with Crippen molar-refractivity contribution in [1.29, 1.82) is 0 Å². The molecule has 0 aromatic carbocycles. The highest BCUT2D eigenvalue weighted by Gasteiger charge is 2.28. The Labute approximate surface area is 121 Å². The van der Waals surface area contributed by atoms with Crippen molar-refractivity contribution in [3.63, 3.8) is 0 Å². The average molecular weight is 278 g/mol. The predicted octanol–water partition coefficient (Wildman–Crippen LogP) is 1.74. The van der Waals surface area contributed by atoms with E-state index < -0.39 is 0 Å². The third kappa shape index (κ3) is 3.20. The standard InChI is InChI=1S/C15H26N4O/c1-3-6-13(16)15(20)18-9-5-7-12(11-18)19-10-8-17-14(19)4-2/h8,10,12-13H,3-7,9,11,16H2,1-2H3. The average Bonchev–Trinajstić information content (AvgIpc) is 2.95. The number of amides is 1. The summed E-state index contributed by atoms with van der Waals surface area (Å²) in [4.78, 5) is 18.7. The van der Waals surface area contributed by atoms with E-state index in [2.05, 4.69) is 23.4 Å². The first-order valence-corrected chi connectivity index (χ1v) is 7.73. The fourth-order valence-electron chi connectivity index (χ4n) is 3.00. The lowest BCUT2D eigenvalue weighted by molar-refractivity contribution is -0.134. The normalized spacial score (nSPS) is 20.9. The summed E-state index contributed by atoms with van der Waals surface area (Å²) in [6.07, 6.45) is 8.67. The molecule has 2 N–H and O–H groups in total. The number of hydrogen-bond donors (Lipinski definition) is 1. The van der Waals surface area contributed by atoms with Gasteiger partial charge >= 0.3 is 0 Å². The van der Waals surface area contributed by atoms with Crippen molar-refractivity contribution < 1.29 is 4.79 Å². The Hall–Kier alpha value is -1.36. The van der Waals surface area contributed by atoms with Gasteiger partial charge in [0.05, 0.1) is 12.1 Å². The third-order valence-corrected chi connectivity index (χ3v) is 4.08. The number of piperidine rings is 1. The number of hydrogen-bond acceptors (Lipinski definition) is 3. The van der Waals surface area contributed by atoms with E-state index in [1.807, 2.05) is 17.3 Å². The molecule has 1 aromatic heterocycles. The van der Waals surface area contributed by atoms with Crippen molar-refractivity contribution in [3.05, 3.63) is 18.2 Å². The number of imidazole rings is 1. The Bertz CT molecular complexity index is 443. The van der Waals surface area contributed by atoms with E-state index in [9.17, 15) is 4.79 Å². The molecule has 2 rings (SSSR count). The number of aryl methyl sites for hydroxylation is 1. The van der Waals surface area contributed by atoms with Crippen LogP contribution in [0, 0.1) is 0 Å². The fraction of sp³-hybridized carbons (Fsp3) is 0.733. The first kappa shape index (κ1) is 15.0. The lowest BCUT2D eigenvalue weighted by atomic mass is 10.0. The molecule has 1 aliphatic rings. The smallest absolute Gasteiger partial charge is 0.239 e. The Morgan fingerprint density at radius 3 is 3.05 bits per heavy atom. The molecule has 0 aliphatic carbocycles. The highest BCUT2D eigenvalue weighted by Crippen LogP contribution is 2.23. The molecule has 2 atom stereocenters. The van der Waals surface area contributed by atoms with E-state index in [1.54, 1.807) is 0 Å². The van der Waals surface area contributed by atoms with E-state index >= 15 is 0 Å². The van der Waals surface area contributed by atoms with Gasteiger partial charge in [0.25, 0.3) is 0 Å². The van der Waals surface area contributed by atoms with Crippen LogP contribution in [0.4, 0.5) is 0 Å². The van der Waals surface area contributed by atoms with Crippen LogP contribution in [0.5, 0.6) is 0 Å². The molecule has 5 nitrogen and oxygen atoms in total. The molecule has 1 fully saturated rings. The summed E-state index contributed by atoms with van der Waals surface area (Å²) in [7, 11) is 0. The Morgan fingerprint density at radius 2 is 2.35 bits per heavy atom. The van der Waals surface area contributed by atoms with Gasteiger partial charge < -0.3 is 15.2 Å². The van der Waals surface area contributed by atoms with Crippen LogP contribution in [0.1, 0.15) is 51.4 Å². The zero-order chi connectivity index (χ0) is 14.5. The highest BCUT2D eigenvalue weighted by molar-refractivity contribution is 5.81. The largest absolute Gasteiger partial charge is 0.339 e. The van der Waals surface area contributed by atoms with Gasteiger partial charge in [-0.3, -0.25) is 4.79 Å². The van der Waals surface area contributed by atoms with E-state index in [4.69, 9.17) is 5.73 Å². The monoisotopic (exact) mass is 278 g/mol. The second kappa shape index (κ2) is 6.88. The zero-order valence-electron chi connectivity index (χ0n) is 12.6. The van der Waals surface area contributed by atoms with E-state index in [1.165, 1.54) is 0 Å². The predicted molar refractivity (Wildman–Crippen MR) is 79.3 cm³/mol. The molecule has 1 aromatic rings. The Morgan fingerprint density at radius 1 is 1.55 bits per heavy atom. The number of aromatic nitrogens is 2. The molecule has 2 heterocycles. The minimum atomic E-state index is -0.341. The van der Waals surface area contributed by atoms with E-state index in [-0.39, 0.29) is 11.9 Å². The molecule has 0 spiro atoms. The third-order valence-electron chi connectivity index (χ3n) is 4.08. The maximum Gasteiger partial charge on any atom is 0.239 e. The minimum absolute atomic E-state index is 0.106. The van der Waals surface area contributed by atoms with Crippen molar-refractivity contribution in [2.45, 2.75) is 58.0 Å². The maximum absolute atomic E-state index is 12.3. The number of carbonyl (C=O) groups is 1. The molecule has 112 valence electrons. The van der Waals surface area contributed by atoms with Crippen LogP contribution in [-0.2, 0) is 11.2 Å². The summed E-state index contributed by atoms with van der Waals surface area (Å²) < 4.78 is 2.23. The van der Waals surface area contributed by atoms with Crippen molar-refractivity contribution in [2.24, 2.45) is 5.73 Å². The quantitative estimate of drug-likeness (QED) is 0.892. The molecule has 0 radical (unpaired) electrons. The Kier molecular flexibility index (Phi) is 5.17. The topological polar surface area (TPSA) is 64.2 Å². The number of likely N-dealkylation sites (tertiary alicyclic amines) is 1. The van der Waals surface area contributed by atoms with E-state index in [0.717, 1.165) is 51.0 Å². The van der Waals surface area contributed by atoms with Crippen LogP contribution >= 0.6 is 0 Å². The molecule has 2 unspecified atom stereocenters. The van der Waals surface area contributed by atoms with Gasteiger partial charge in [-0.25, -0.2) is 4.98 Å². The number of nitrogens with two attached hydrogens (primary N) is 1. The van der Waals surface area contributed by atoms with Crippen molar-refractivity contribution >= 4 is 5.91 Å². The first-order valence-electron chi connectivity index (χ1n) is 7.73.